The summed E-state index contributed by atoms with van der Waals surface area (Å²) in [4.78, 5) is 38.8. The van der Waals surface area contributed by atoms with Crippen LogP contribution in [0.5, 0.6) is 0 Å². The number of hydrogen-bond donors (Lipinski definition) is 1. The van der Waals surface area contributed by atoms with Gasteiger partial charge in [0, 0.05) is 19.7 Å². The van der Waals surface area contributed by atoms with E-state index in [2.05, 4.69) is 5.32 Å². The van der Waals surface area contributed by atoms with Crippen molar-refractivity contribution in [3.8, 4) is 0 Å². The number of Topliss-reactive ketones (excluding diaryl/α,β-unsaturated/α-hetero) is 1. The molecule has 0 aromatic heterocycles. The van der Waals surface area contributed by atoms with Gasteiger partial charge >= 0.3 is 0 Å². The SMILES string of the molecule is CC(=O)[C@H](C(=O)N(C)C)[C@H](NC(=O)c1ccccc1)c1ccccc1. The molecule has 0 aliphatic heterocycles. The Hall–Kier alpha value is -2.95. The molecule has 0 radical (unpaired) electrons. The molecule has 0 unspecified atom stereocenters. The smallest absolute Gasteiger partial charge is 0.251 e. The molecule has 2 aromatic rings. The molecule has 2 aromatic carbocycles. The summed E-state index contributed by atoms with van der Waals surface area (Å²) in [6, 6.07) is 17.1. The van der Waals surface area contributed by atoms with Crippen LogP contribution in [0.15, 0.2) is 60.7 Å². The summed E-state index contributed by atoms with van der Waals surface area (Å²) in [5.41, 5.74) is 1.19. The van der Waals surface area contributed by atoms with Crippen molar-refractivity contribution in [2.45, 2.75) is 13.0 Å². The van der Waals surface area contributed by atoms with Crippen molar-refractivity contribution >= 4 is 17.6 Å². The molecule has 0 heterocycles. The lowest BCUT2D eigenvalue weighted by Gasteiger charge is -2.28. The van der Waals surface area contributed by atoms with Crippen LogP contribution in [0.2, 0.25) is 0 Å². The number of carbonyl (C=O) groups excluding carboxylic acids is 3. The fourth-order valence-electron chi connectivity index (χ4n) is 2.66. The predicted molar refractivity (Wildman–Crippen MR) is 96.0 cm³/mol. The molecule has 1 N–H and O–H groups in total. The van der Waals surface area contributed by atoms with E-state index in [0.717, 1.165) is 0 Å². The Morgan fingerprint density at radius 2 is 1.40 bits per heavy atom. The molecule has 0 aliphatic rings. The van der Waals surface area contributed by atoms with Gasteiger partial charge in [-0.05, 0) is 24.6 Å². The van der Waals surface area contributed by atoms with Crippen molar-refractivity contribution in [3.05, 3.63) is 71.8 Å². The minimum atomic E-state index is -0.981. The largest absolute Gasteiger partial charge is 0.348 e. The molecule has 0 spiro atoms. The normalized spacial score (nSPS) is 12.8. The maximum atomic E-state index is 12.6. The molecule has 5 heteroatoms. The van der Waals surface area contributed by atoms with Gasteiger partial charge in [0.1, 0.15) is 11.7 Å². The van der Waals surface area contributed by atoms with E-state index < -0.39 is 12.0 Å². The first-order valence-corrected chi connectivity index (χ1v) is 8.04. The van der Waals surface area contributed by atoms with Crippen LogP contribution in [0.3, 0.4) is 0 Å². The minimum Gasteiger partial charge on any atom is -0.348 e. The van der Waals surface area contributed by atoms with Gasteiger partial charge in [-0.3, -0.25) is 14.4 Å². The van der Waals surface area contributed by atoms with Crippen LogP contribution < -0.4 is 5.32 Å². The molecule has 0 fully saturated rings. The van der Waals surface area contributed by atoms with Crippen molar-refractivity contribution in [2.75, 3.05) is 14.1 Å². The lowest BCUT2D eigenvalue weighted by atomic mass is 9.88. The van der Waals surface area contributed by atoms with Gasteiger partial charge in [-0.25, -0.2) is 0 Å². The molecule has 0 aliphatic carbocycles. The van der Waals surface area contributed by atoms with Crippen LogP contribution in [-0.2, 0) is 9.59 Å². The first-order chi connectivity index (χ1) is 11.9. The zero-order valence-corrected chi connectivity index (χ0v) is 14.6. The Morgan fingerprint density at radius 1 is 0.880 bits per heavy atom. The maximum absolute atomic E-state index is 12.6. The Labute approximate surface area is 147 Å². The van der Waals surface area contributed by atoms with Crippen LogP contribution in [0.1, 0.15) is 28.9 Å². The molecule has 130 valence electrons. The fraction of sp³-hybridized carbons (Fsp3) is 0.250. The Balaban J connectivity index is 2.41. The molecular formula is C20H22N2O3. The molecule has 5 nitrogen and oxygen atoms in total. The summed E-state index contributed by atoms with van der Waals surface area (Å²) in [7, 11) is 3.19. The van der Waals surface area contributed by atoms with Crippen LogP contribution in [-0.4, -0.2) is 36.6 Å². The van der Waals surface area contributed by atoms with Crippen LogP contribution in [0.25, 0.3) is 0 Å². The molecule has 0 saturated heterocycles. The number of carbonyl (C=O) groups is 3. The van der Waals surface area contributed by atoms with Crippen molar-refractivity contribution in [2.24, 2.45) is 5.92 Å². The van der Waals surface area contributed by atoms with Gasteiger partial charge in [0.25, 0.3) is 5.91 Å². The number of nitrogens with one attached hydrogen (secondary N) is 1. The zero-order chi connectivity index (χ0) is 18.4. The summed E-state index contributed by atoms with van der Waals surface area (Å²) in [5.74, 6) is -1.94. The average molecular weight is 338 g/mol. The van der Waals surface area contributed by atoms with E-state index in [-0.39, 0.29) is 17.6 Å². The van der Waals surface area contributed by atoms with Gasteiger partial charge < -0.3 is 10.2 Å². The molecule has 25 heavy (non-hydrogen) atoms. The van der Waals surface area contributed by atoms with E-state index in [1.54, 1.807) is 50.5 Å². The number of nitrogens with zero attached hydrogens (tertiary/aromatic N) is 1. The second-order valence-corrected chi connectivity index (χ2v) is 6.05. The monoisotopic (exact) mass is 338 g/mol. The number of amides is 2. The van der Waals surface area contributed by atoms with Crippen molar-refractivity contribution in [1.29, 1.82) is 0 Å². The quantitative estimate of drug-likeness (QED) is 0.823. The zero-order valence-electron chi connectivity index (χ0n) is 14.6. The number of ketones is 1. The van der Waals surface area contributed by atoms with Gasteiger partial charge in [-0.15, -0.1) is 0 Å². The predicted octanol–water partition coefficient (Wildman–Crippen LogP) is 2.45. The van der Waals surface area contributed by atoms with Crippen LogP contribution >= 0.6 is 0 Å². The summed E-state index contributed by atoms with van der Waals surface area (Å²) >= 11 is 0. The second-order valence-electron chi connectivity index (χ2n) is 6.05. The summed E-state index contributed by atoms with van der Waals surface area (Å²) in [5, 5.41) is 2.86. The second kappa shape index (κ2) is 8.24. The average Bonchev–Trinajstić information content (AvgIpc) is 2.62. The first kappa shape index (κ1) is 18.4. The van der Waals surface area contributed by atoms with E-state index in [9.17, 15) is 14.4 Å². The molecule has 2 amide bonds. The van der Waals surface area contributed by atoms with Gasteiger partial charge in [0.2, 0.25) is 5.91 Å². The molecule has 0 saturated carbocycles. The summed E-state index contributed by atoms with van der Waals surface area (Å²) in [6.07, 6.45) is 0. The Morgan fingerprint density at radius 3 is 1.88 bits per heavy atom. The highest BCUT2D eigenvalue weighted by molar-refractivity contribution is 6.02. The van der Waals surface area contributed by atoms with Gasteiger partial charge in [0.15, 0.2) is 0 Å². The number of benzene rings is 2. The van der Waals surface area contributed by atoms with Gasteiger partial charge in [0.05, 0.1) is 6.04 Å². The van der Waals surface area contributed by atoms with E-state index in [4.69, 9.17) is 0 Å². The highest BCUT2D eigenvalue weighted by atomic mass is 16.2. The number of hydrogen-bond acceptors (Lipinski definition) is 3. The van der Waals surface area contributed by atoms with Crippen molar-refractivity contribution in [3.63, 3.8) is 0 Å². The third-order valence-electron chi connectivity index (χ3n) is 3.96. The van der Waals surface area contributed by atoms with E-state index in [1.807, 2.05) is 24.3 Å². The molecule has 0 bridgehead atoms. The lowest BCUT2D eigenvalue weighted by molar-refractivity contribution is -0.139. The highest BCUT2D eigenvalue weighted by Crippen LogP contribution is 2.25. The van der Waals surface area contributed by atoms with E-state index in [1.165, 1.54) is 11.8 Å². The Kier molecular flexibility index (Phi) is 6.06. The van der Waals surface area contributed by atoms with E-state index >= 15 is 0 Å². The summed E-state index contributed by atoms with van der Waals surface area (Å²) < 4.78 is 0. The maximum Gasteiger partial charge on any atom is 0.251 e. The third-order valence-corrected chi connectivity index (χ3v) is 3.96. The van der Waals surface area contributed by atoms with Crippen LogP contribution in [0.4, 0.5) is 0 Å². The summed E-state index contributed by atoms with van der Waals surface area (Å²) in [6.45, 7) is 1.37. The lowest BCUT2D eigenvalue weighted by Crippen LogP contribution is -2.44. The fourth-order valence-corrected chi connectivity index (χ4v) is 2.66. The molecular weight excluding hydrogens is 316 g/mol. The van der Waals surface area contributed by atoms with Gasteiger partial charge in [-0.2, -0.15) is 0 Å². The van der Waals surface area contributed by atoms with Crippen molar-refractivity contribution in [1.82, 2.24) is 10.2 Å². The standard InChI is InChI=1S/C20H22N2O3/c1-14(23)17(20(25)22(2)3)18(15-10-6-4-7-11-15)21-19(24)16-12-8-5-9-13-16/h4-13,17-18H,1-3H3,(H,21,24)/t17-,18+/m0/s1. The molecule has 2 rings (SSSR count). The minimum absolute atomic E-state index is 0.291. The van der Waals surface area contributed by atoms with Crippen LogP contribution in [0, 0.1) is 5.92 Å². The van der Waals surface area contributed by atoms with E-state index in [0.29, 0.717) is 11.1 Å². The Bertz CT molecular complexity index is 742. The van der Waals surface area contributed by atoms with Gasteiger partial charge in [-0.1, -0.05) is 48.5 Å². The van der Waals surface area contributed by atoms with Crippen molar-refractivity contribution < 1.29 is 14.4 Å². The molecule has 2 atom stereocenters. The topological polar surface area (TPSA) is 66.5 Å². The number of rotatable bonds is 6. The first-order valence-electron chi connectivity index (χ1n) is 8.04. The highest BCUT2D eigenvalue weighted by Gasteiger charge is 2.35. The third kappa shape index (κ3) is 4.53.